The van der Waals surface area contributed by atoms with E-state index in [1.807, 2.05) is 12.1 Å². The van der Waals surface area contributed by atoms with Crippen LogP contribution in [0.4, 0.5) is 0 Å². The van der Waals surface area contributed by atoms with Gasteiger partial charge in [0.15, 0.2) is 0 Å². The third-order valence-corrected chi connectivity index (χ3v) is 4.31. The average molecular weight is 254 g/mol. The van der Waals surface area contributed by atoms with Crippen molar-refractivity contribution in [2.75, 3.05) is 0 Å². The molecule has 1 aromatic carbocycles. The fourth-order valence-electron chi connectivity index (χ4n) is 3.19. The number of benzene rings is 1. The molecule has 0 radical (unpaired) electrons. The van der Waals surface area contributed by atoms with Gasteiger partial charge in [0.1, 0.15) is 0 Å². The molecule has 1 aliphatic rings. The molecule has 1 heterocycles. The first-order valence-electron chi connectivity index (χ1n) is 7.44. The Morgan fingerprint density at radius 3 is 2.68 bits per heavy atom. The summed E-state index contributed by atoms with van der Waals surface area (Å²) in [5.41, 5.74) is 8.45. The van der Waals surface area contributed by atoms with E-state index in [2.05, 4.69) is 24.3 Å². The highest BCUT2D eigenvalue weighted by molar-refractivity contribution is 5.78. The molecule has 1 fully saturated rings. The first kappa shape index (κ1) is 12.6. The third-order valence-electron chi connectivity index (χ3n) is 4.31. The van der Waals surface area contributed by atoms with Crippen molar-refractivity contribution in [3.8, 4) is 0 Å². The molecule has 2 N–H and O–H groups in total. The van der Waals surface area contributed by atoms with Gasteiger partial charge in [-0.15, -0.1) is 0 Å². The number of nitrogens with two attached hydrogens (primary N) is 1. The molecule has 0 amide bonds. The molecule has 1 saturated carbocycles. The topological polar surface area (TPSA) is 38.9 Å². The fraction of sp³-hybridized carbons (Fsp3) is 0.471. The molecular formula is C17H22N2. The molecule has 19 heavy (non-hydrogen) atoms. The van der Waals surface area contributed by atoms with Gasteiger partial charge in [-0.2, -0.15) is 0 Å². The average Bonchev–Trinajstić information content (AvgIpc) is 2.48. The molecule has 1 unspecified atom stereocenters. The summed E-state index contributed by atoms with van der Waals surface area (Å²) in [5, 5.41) is 1.19. The number of hydrogen-bond donors (Lipinski definition) is 1. The summed E-state index contributed by atoms with van der Waals surface area (Å²) in [7, 11) is 0. The summed E-state index contributed by atoms with van der Waals surface area (Å²) < 4.78 is 0. The zero-order valence-corrected chi connectivity index (χ0v) is 11.4. The van der Waals surface area contributed by atoms with E-state index >= 15 is 0 Å². The summed E-state index contributed by atoms with van der Waals surface area (Å²) in [6, 6.07) is 12.6. The molecule has 0 bridgehead atoms. The monoisotopic (exact) mass is 254 g/mol. The summed E-state index contributed by atoms with van der Waals surface area (Å²) in [6.45, 7) is 0. The predicted molar refractivity (Wildman–Crippen MR) is 79.9 cm³/mol. The second-order valence-corrected chi connectivity index (χ2v) is 5.78. The first-order valence-corrected chi connectivity index (χ1v) is 7.44. The Morgan fingerprint density at radius 1 is 1.05 bits per heavy atom. The minimum Gasteiger partial charge on any atom is -0.323 e. The fourth-order valence-corrected chi connectivity index (χ4v) is 3.19. The molecule has 3 rings (SSSR count). The molecule has 2 heteroatoms. The maximum atomic E-state index is 6.35. The molecule has 1 aromatic heterocycles. The summed E-state index contributed by atoms with van der Waals surface area (Å²) in [4.78, 5) is 4.72. The van der Waals surface area contributed by atoms with E-state index in [0.29, 0.717) is 0 Å². The highest BCUT2D eigenvalue weighted by Gasteiger charge is 2.18. The Hall–Kier alpha value is -1.41. The van der Waals surface area contributed by atoms with Crippen LogP contribution < -0.4 is 5.73 Å². The van der Waals surface area contributed by atoms with Gasteiger partial charge in [0.05, 0.1) is 11.2 Å². The van der Waals surface area contributed by atoms with Gasteiger partial charge in [0.2, 0.25) is 0 Å². The van der Waals surface area contributed by atoms with E-state index in [-0.39, 0.29) is 6.04 Å². The Bertz CT molecular complexity index is 544. The Balaban J connectivity index is 1.75. The number of rotatable bonds is 3. The second-order valence-electron chi connectivity index (χ2n) is 5.78. The van der Waals surface area contributed by atoms with Crippen LogP contribution in [0.1, 0.15) is 50.3 Å². The summed E-state index contributed by atoms with van der Waals surface area (Å²) >= 11 is 0. The normalized spacial score (nSPS) is 18.6. The molecule has 1 atom stereocenters. The van der Waals surface area contributed by atoms with E-state index in [4.69, 9.17) is 10.7 Å². The molecular weight excluding hydrogens is 232 g/mol. The van der Waals surface area contributed by atoms with Crippen LogP contribution >= 0.6 is 0 Å². The van der Waals surface area contributed by atoms with Crippen LogP contribution in [0.3, 0.4) is 0 Å². The number of aromatic nitrogens is 1. The van der Waals surface area contributed by atoms with Crippen LogP contribution in [0.25, 0.3) is 10.9 Å². The van der Waals surface area contributed by atoms with Gasteiger partial charge in [0.25, 0.3) is 0 Å². The molecule has 100 valence electrons. The lowest BCUT2D eigenvalue weighted by Gasteiger charge is -2.24. The Morgan fingerprint density at radius 2 is 1.84 bits per heavy atom. The molecule has 0 spiro atoms. The lowest BCUT2D eigenvalue weighted by molar-refractivity contribution is 0.318. The minimum atomic E-state index is 0.0905. The largest absolute Gasteiger partial charge is 0.323 e. The summed E-state index contributed by atoms with van der Waals surface area (Å²) in [6.07, 6.45) is 7.94. The van der Waals surface area contributed by atoms with Crippen LogP contribution in [0.2, 0.25) is 0 Å². The van der Waals surface area contributed by atoms with Crippen LogP contribution in [0.15, 0.2) is 36.4 Å². The van der Waals surface area contributed by atoms with E-state index in [1.165, 1.54) is 37.5 Å². The zero-order valence-electron chi connectivity index (χ0n) is 11.4. The van der Waals surface area contributed by atoms with Crippen molar-refractivity contribution in [2.24, 2.45) is 11.7 Å². The number of para-hydroxylation sites is 1. The van der Waals surface area contributed by atoms with Crippen LogP contribution in [-0.2, 0) is 0 Å². The zero-order chi connectivity index (χ0) is 13.1. The molecule has 0 saturated heterocycles. The van der Waals surface area contributed by atoms with Crippen LogP contribution in [0.5, 0.6) is 0 Å². The molecule has 2 nitrogen and oxygen atoms in total. The van der Waals surface area contributed by atoms with E-state index in [1.54, 1.807) is 0 Å². The first-order chi connectivity index (χ1) is 9.33. The standard InChI is InChI=1S/C17H22N2/c18-15(12-13-6-2-1-3-7-13)17-11-10-14-8-4-5-9-16(14)19-17/h4-5,8-11,13,15H,1-3,6-7,12,18H2. The van der Waals surface area contributed by atoms with E-state index in [9.17, 15) is 0 Å². The van der Waals surface area contributed by atoms with Gasteiger partial charge < -0.3 is 5.73 Å². The minimum absolute atomic E-state index is 0.0905. The van der Waals surface area contributed by atoms with Gasteiger partial charge in [-0.25, -0.2) is 0 Å². The van der Waals surface area contributed by atoms with Crippen molar-refractivity contribution >= 4 is 10.9 Å². The maximum absolute atomic E-state index is 6.35. The van der Waals surface area contributed by atoms with Crippen molar-refractivity contribution in [1.29, 1.82) is 0 Å². The third kappa shape index (κ3) is 2.95. The van der Waals surface area contributed by atoms with E-state index in [0.717, 1.165) is 23.5 Å². The number of fused-ring (bicyclic) bond motifs is 1. The molecule has 0 aliphatic heterocycles. The van der Waals surface area contributed by atoms with Gasteiger partial charge in [-0.1, -0.05) is 56.4 Å². The van der Waals surface area contributed by atoms with Crippen molar-refractivity contribution in [3.63, 3.8) is 0 Å². The van der Waals surface area contributed by atoms with E-state index < -0.39 is 0 Å². The molecule has 1 aliphatic carbocycles. The smallest absolute Gasteiger partial charge is 0.0706 e. The van der Waals surface area contributed by atoms with Crippen LogP contribution in [0, 0.1) is 5.92 Å². The predicted octanol–water partition coefficient (Wildman–Crippen LogP) is 4.21. The highest BCUT2D eigenvalue weighted by atomic mass is 14.8. The second kappa shape index (κ2) is 5.70. The van der Waals surface area contributed by atoms with Gasteiger partial charge in [-0.3, -0.25) is 4.98 Å². The van der Waals surface area contributed by atoms with Gasteiger partial charge >= 0.3 is 0 Å². The van der Waals surface area contributed by atoms with Crippen molar-refractivity contribution in [3.05, 3.63) is 42.1 Å². The number of pyridine rings is 1. The number of hydrogen-bond acceptors (Lipinski definition) is 2. The number of nitrogens with zero attached hydrogens (tertiary/aromatic N) is 1. The quantitative estimate of drug-likeness (QED) is 0.891. The van der Waals surface area contributed by atoms with Crippen molar-refractivity contribution in [2.45, 2.75) is 44.6 Å². The Kier molecular flexibility index (Phi) is 3.79. The SMILES string of the molecule is NC(CC1CCCCC1)c1ccc2ccccc2n1. The summed E-state index contributed by atoms with van der Waals surface area (Å²) in [5.74, 6) is 0.803. The Labute approximate surface area is 115 Å². The maximum Gasteiger partial charge on any atom is 0.0706 e. The van der Waals surface area contributed by atoms with Gasteiger partial charge in [-0.05, 0) is 24.5 Å². The lowest BCUT2D eigenvalue weighted by atomic mass is 9.84. The lowest BCUT2D eigenvalue weighted by Crippen LogP contribution is -2.18. The van der Waals surface area contributed by atoms with Gasteiger partial charge in [0, 0.05) is 11.4 Å². The van der Waals surface area contributed by atoms with Crippen LogP contribution in [-0.4, -0.2) is 4.98 Å². The molecule has 2 aromatic rings. The van der Waals surface area contributed by atoms with Crippen molar-refractivity contribution in [1.82, 2.24) is 4.98 Å². The van der Waals surface area contributed by atoms with Crippen molar-refractivity contribution < 1.29 is 0 Å². The highest BCUT2D eigenvalue weighted by Crippen LogP contribution is 2.30.